The number of amides is 2. The van der Waals surface area contributed by atoms with Crippen LogP contribution in [-0.2, 0) is 12.8 Å². The fraction of sp³-hybridized carbons (Fsp3) is 0.560. The molecule has 2 fully saturated rings. The molecule has 33 heavy (non-hydrogen) atoms. The van der Waals surface area contributed by atoms with Gasteiger partial charge in [-0.25, -0.2) is 4.79 Å². The number of likely N-dealkylation sites (tertiary alicyclic amines) is 1. The Morgan fingerprint density at radius 3 is 2.64 bits per heavy atom. The fourth-order valence-corrected chi connectivity index (χ4v) is 5.20. The molecule has 0 radical (unpaired) electrons. The number of halogens is 2. The summed E-state index contributed by atoms with van der Waals surface area (Å²) in [6, 6.07) is 7.39. The molecule has 1 aromatic heterocycles. The summed E-state index contributed by atoms with van der Waals surface area (Å²) in [4.78, 5) is 23.1. The smallest absolute Gasteiger partial charge is 0.321 e. The van der Waals surface area contributed by atoms with Crippen molar-refractivity contribution in [1.82, 2.24) is 19.7 Å². The third-order valence-electron chi connectivity index (χ3n) is 6.86. The van der Waals surface area contributed by atoms with Gasteiger partial charge in [0.1, 0.15) is 0 Å². The Balaban J connectivity index is 1.18. The first kappa shape index (κ1) is 24.4. The highest BCUT2D eigenvalue weighted by Crippen LogP contribution is 2.25. The summed E-state index contributed by atoms with van der Waals surface area (Å²) in [6.45, 7) is 10.2. The lowest BCUT2D eigenvalue weighted by atomic mass is 9.97. The normalized spacial score (nSPS) is 20.2. The van der Waals surface area contributed by atoms with E-state index in [-0.39, 0.29) is 6.03 Å². The number of nitrogens with zero attached hydrogens (tertiary/aromatic N) is 3. The third-order valence-corrected chi connectivity index (χ3v) is 7.60. The number of nitrogens with one attached hydrogen (secondary N) is 2. The molecule has 8 heteroatoms. The van der Waals surface area contributed by atoms with Gasteiger partial charge in [0.15, 0.2) is 0 Å². The summed E-state index contributed by atoms with van der Waals surface area (Å²) in [7, 11) is 0. The fourth-order valence-electron chi connectivity index (χ4n) is 4.90. The molecule has 0 saturated carbocycles. The zero-order valence-electron chi connectivity index (χ0n) is 19.5. The highest BCUT2D eigenvalue weighted by Gasteiger charge is 2.26. The van der Waals surface area contributed by atoms with Gasteiger partial charge >= 0.3 is 6.03 Å². The Morgan fingerprint density at radius 1 is 1.09 bits per heavy atom. The first-order valence-electron chi connectivity index (χ1n) is 12.1. The summed E-state index contributed by atoms with van der Waals surface area (Å²) >= 11 is 12.0. The topological polar surface area (TPSA) is 54.6 Å². The Labute approximate surface area is 207 Å². The first-order chi connectivity index (χ1) is 16.0. The van der Waals surface area contributed by atoms with E-state index in [2.05, 4.69) is 39.3 Å². The molecule has 0 spiro atoms. The third kappa shape index (κ3) is 6.89. The van der Waals surface area contributed by atoms with Crippen LogP contribution >= 0.6 is 23.2 Å². The first-order valence-corrected chi connectivity index (χ1v) is 12.9. The molecule has 2 saturated heterocycles. The predicted octanol–water partition coefficient (Wildman–Crippen LogP) is 4.99. The number of aryl methyl sites for hydroxylation is 1. The van der Waals surface area contributed by atoms with E-state index >= 15 is 0 Å². The van der Waals surface area contributed by atoms with Gasteiger partial charge in [0, 0.05) is 69.8 Å². The Hall–Kier alpha value is -1.73. The molecule has 1 aromatic carbocycles. The minimum absolute atomic E-state index is 0.0765. The maximum atomic E-state index is 12.6. The molecule has 2 amide bonds. The van der Waals surface area contributed by atoms with E-state index in [1.807, 2.05) is 4.90 Å². The van der Waals surface area contributed by atoms with E-state index in [0.29, 0.717) is 21.7 Å². The summed E-state index contributed by atoms with van der Waals surface area (Å²) < 4.78 is 0. The number of piperidine rings is 1. The second kappa shape index (κ2) is 11.6. The quantitative estimate of drug-likeness (QED) is 0.573. The SMILES string of the molecule is CCc1c[nH]c(CCN2CCC[C@@H](CN3CCN(C(=O)Nc4ccc(Cl)c(Cl)c4)CC3)C2)c1. The molecule has 3 heterocycles. The monoisotopic (exact) mass is 491 g/mol. The molecule has 2 aromatic rings. The van der Waals surface area contributed by atoms with E-state index in [4.69, 9.17) is 23.2 Å². The lowest BCUT2D eigenvalue weighted by Gasteiger charge is -2.39. The highest BCUT2D eigenvalue weighted by molar-refractivity contribution is 6.42. The van der Waals surface area contributed by atoms with Crippen molar-refractivity contribution in [3.8, 4) is 0 Å². The van der Waals surface area contributed by atoms with Gasteiger partial charge in [-0.15, -0.1) is 0 Å². The molecule has 6 nitrogen and oxygen atoms in total. The number of anilines is 1. The van der Waals surface area contributed by atoms with Crippen molar-refractivity contribution in [3.05, 3.63) is 51.8 Å². The van der Waals surface area contributed by atoms with Crippen LogP contribution in [0.3, 0.4) is 0 Å². The molecule has 2 N–H and O–H groups in total. The molecule has 2 aliphatic rings. The number of carbonyl (C=O) groups excluding carboxylic acids is 1. The van der Waals surface area contributed by atoms with Crippen molar-refractivity contribution in [2.45, 2.75) is 32.6 Å². The Morgan fingerprint density at radius 2 is 1.91 bits per heavy atom. The molecule has 180 valence electrons. The van der Waals surface area contributed by atoms with E-state index in [1.165, 1.54) is 37.2 Å². The molecule has 1 atom stereocenters. The number of carbonyl (C=O) groups is 1. The number of hydrogen-bond acceptors (Lipinski definition) is 3. The number of hydrogen-bond donors (Lipinski definition) is 2. The largest absolute Gasteiger partial charge is 0.365 e. The minimum atomic E-state index is -0.0765. The molecule has 0 unspecified atom stereocenters. The Kier molecular flexibility index (Phi) is 8.58. The summed E-state index contributed by atoms with van der Waals surface area (Å²) in [5.74, 6) is 0.713. The van der Waals surface area contributed by atoms with Crippen LogP contribution in [0.1, 0.15) is 31.0 Å². The number of aromatic nitrogens is 1. The number of rotatable bonds is 7. The van der Waals surface area contributed by atoms with Gasteiger partial charge in [0.25, 0.3) is 0 Å². The lowest BCUT2D eigenvalue weighted by molar-refractivity contribution is 0.101. The molecule has 2 aliphatic heterocycles. The Bertz CT molecular complexity index is 925. The predicted molar refractivity (Wildman–Crippen MR) is 137 cm³/mol. The second-order valence-electron chi connectivity index (χ2n) is 9.29. The van der Waals surface area contributed by atoms with Gasteiger partial charge in [-0.3, -0.25) is 4.90 Å². The molecule has 4 rings (SSSR count). The van der Waals surface area contributed by atoms with E-state index < -0.39 is 0 Å². The number of aromatic amines is 1. The maximum absolute atomic E-state index is 12.6. The number of urea groups is 1. The van der Waals surface area contributed by atoms with Gasteiger partial charge in [-0.2, -0.15) is 0 Å². The van der Waals surface area contributed by atoms with Crippen molar-refractivity contribution >= 4 is 34.9 Å². The average molecular weight is 492 g/mol. The molecular weight excluding hydrogens is 457 g/mol. The van der Waals surface area contributed by atoms with E-state index in [1.54, 1.807) is 18.2 Å². The summed E-state index contributed by atoms with van der Waals surface area (Å²) in [5.41, 5.74) is 3.42. The van der Waals surface area contributed by atoms with Crippen LogP contribution in [0.5, 0.6) is 0 Å². The van der Waals surface area contributed by atoms with Gasteiger partial charge in [-0.05, 0) is 61.6 Å². The van der Waals surface area contributed by atoms with E-state index in [0.717, 1.165) is 52.1 Å². The van der Waals surface area contributed by atoms with Crippen LogP contribution in [-0.4, -0.2) is 78.1 Å². The number of H-pyrrole nitrogens is 1. The summed E-state index contributed by atoms with van der Waals surface area (Å²) in [5, 5.41) is 3.86. The number of benzene rings is 1. The molecular formula is C25H35Cl2N5O. The van der Waals surface area contributed by atoms with Crippen molar-refractivity contribution in [2.75, 3.05) is 57.7 Å². The van der Waals surface area contributed by atoms with Crippen molar-refractivity contribution in [3.63, 3.8) is 0 Å². The van der Waals surface area contributed by atoms with Crippen molar-refractivity contribution in [1.29, 1.82) is 0 Å². The maximum Gasteiger partial charge on any atom is 0.321 e. The van der Waals surface area contributed by atoms with Crippen molar-refractivity contribution in [2.24, 2.45) is 5.92 Å². The van der Waals surface area contributed by atoms with Crippen LogP contribution in [0.25, 0.3) is 0 Å². The molecule has 0 bridgehead atoms. The van der Waals surface area contributed by atoms with Crippen LogP contribution < -0.4 is 5.32 Å². The number of piperazine rings is 1. The lowest BCUT2D eigenvalue weighted by Crippen LogP contribution is -2.52. The average Bonchev–Trinajstić information content (AvgIpc) is 3.29. The standard InChI is InChI=1S/C25H35Cl2N5O/c1-2-19-14-21(28-16-19)7-9-30-8-3-4-20(17-30)18-31-10-12-32(13-11-31)25(33)29-22-5-6-23(26)24(27)15-22/h5-6,14-16,20,28H,2-4,7-13,17-18H2,1H3,(H,29,33)/t20-/m1/s1. The van der Waals surface area contributed by atoms with Crippen LogP contribution in [0, 0.1) is 5.92 Å². The van der Waals surface area contributed by atoms with Crippen LogP contribution in [0.4, 0.5) is 10.5 Å². The second-order valence-corrected chi connectivity index (χ2v) is 10.1. The van der Waals surface area contributed by atoms with Gasteiger partial charge in [0.2, 0.25) is 0 Å². The van der Waals surface area contributed by atoms with Crippen LogP contribution in [0.2, 0.25) is 10.0 Å². The zero-order valence-corrected chi connectivity index (χ0v) is 21.0. The van der Waals surface area contributed by atoms with Crippen LogP contribution in [0.15, 0.2) is 30.5 Å². The highest BCUT2D eigenvalue weighted by atomic mass is 35.5. The van der Waals surface area contributed by atoms with Gasteiger partial charge < -0.3 is 20.1 Å². The summed E-state index contributed by atoms with van der Waals surface area (Å²) in [6.07, 6.45) is 6.91. The van der Waals surface area contributed by atoms with Gasteiger partial charge in [-0.1, -0.05) is 30.1 Å². The molecule has 0 aliphatic carbocycles. The zero-order chi connectivity index (χ0) is 23.2. The van der Waals surface area contributed by atoms with Crippen molar-refractivity contribution < 1.29 is 4.79 Å². The van der Waals surface area contributed by atoms with E-state index in [9.17, 15) is 4.79 Å². The minimum Gasteiger partial charge on any atom is -0.365 e. The van der Waals surface area contributed by atoms with Gasteiger partial charge in [0.05, 0.1) is 10.0 Å².